The summed E-state index contributed by atoms with van der Waals surface area (Å²) < 4.78 is 28.0. The minimum absolute atomic E-state index is 0.252. The van der Waals surface area contributed by atoms with Crippen molar-refractivity contribution in [3.05, 3.63) is 77.8 Å². The summed E-state index contributed by atoms with van der Waals surface area (Å²) in [5, 5.41) is 3.37. The molecule has 1 heterocycles. The van der Waals surface area contributed by atoms with Gasteiger partial charge in [-0.25, -0.2) is 13.4 Å². The highest BCUT2D eigenvalue weighted by atomic mass is 35.5. The molecule has 1 N–H and O–H groups in total. The number of para-hydroxylation sites is 1. The van der Waals surface area contributed by atoms with Gasteiger partial charge in [-0.1, -0.05) is 36.7 Å². The fourth-order valence-corrected chi connectivity index (χ4v) is 4.60. The predicted octanol–water partition coefficient (Wildman–Crippen LogP) is 3.39. The Morgan fingerprint density at radius 3 is 2.50 bits per heavy atom. The van der Waals surface area contributed by atoms with Crippen molar-refractivity contribution in [2.75, 3.05) is 10.6 Å². The first-order chi connectivity index (χ1) is 14.3. The Hall–Kier alpha value is -2.84. The molecule has 0 spiro atoms. The first kappa shape index (κ1) is 21.9. The highest BCUT2D eigenvalue weighted by Gasteiger charge is 2.31. The lowest BCUT2D eigenvalue weighted by Crippen LogP contribution is -2.49. The van der Waals surface area contributed by atoms with E-state index < -0.39 is 16.1 Å². The van der Waals surface area contributed by atoms with E-state index in [1.165, 1.54) is 0 Å². The molecule has 1 aromatic heterocycles. The Labute approximate surface area is 181 Å². The maximum Gasteiger partial charge on any atom is 0.244 e. The molecule has 0 aliphatic heterocycles. The van der Waals surface area contributed by atoms with E-state index in [9.17, 15) is 13.2 Å². The average molecular weight is 447 g/mol. The molecule has 1 amide bonds. The number of amides is 1. The number of imidazole rings is 1. The summed E-state index contributed by atoms with van der Waals surface area (Å²) in [7, 11) is -3.70. The van der Waals surface area contributed by atoms with Crippen LogP contribution in [-0.2, 0) is 21.4 Å². The number of benzene rings is 2. The molecule has 1 unspecified atom stereocenters. The van der Waals surface area contributed by atoms with Gasteiger partial charge in [0.25, 0.3) is 0 Å². The molecule has 0 aliphatic rings. The third kappa shape index (κ3) is 5.01. The van der Waals surface area contributed by atoms with Crippen LogP contribution in [-0.4, -0.2) is 36.2 Å². The standard InChI is InChI=1S/C21H23ClN4O3S/c1-3-19(26(30(2,28)29)18-10-8-17(22)9-11-18)21(27)24-14-16-6-4-5-7-20(16)25-13-12-23-15-25/h4-13,15,19H,3,14H2,1-2H3,(H,24,27). The van der Waals surface area contributed by atoms with Crippen LogP contribution in [0.5, 0.6) is 0 Å². The monoisotopic (exact) mass is 446 g/mol. The number of anilines is 1. The van der Waals surface area contributed by atoms with Gasteiger partial charge in [-0.15, -0.1) is 0 Å². The molecule has 0 aliphatic carbocycles. The van der Waals surface area contributed by atoms with Crippen molar-refractivity contribution in [1.29, 1.82) is 0 Å². The molecule has 0 radical (unpaired) electrons. The summed E-state index contributed by atoms with van der Waals surface area (Å²) in [5.41, 5.74) is 2.17. The molecule has 3 aromatic rings. The highest BCUT2D eigenvalue weighted by molar-refractivity contribution is 7.92. The zero-order chi connectivity index (χ0) is 21.7. The number of sulfonamides is 1. The van der Waals surface area contributed by atoms with E-state index in [2.05, 4.69) is 10.3 Å². The van der Waals surface area contributed by atoms with Crippen LogP contribution in [0.3, 0.4) is 0 Å². The molecule has 1 atom stereocenters. The number of nitrogens with zero attached hydrogens (tertiary/aromatic N) is 3. The van der Waals surface area contributed by atoms with Gasteiger partial charge < -0.3 is 9.88 Å². The second-order valence-electron chi connectivity index (χ2n) is 6.78. The molecule has 0 saturated carbocycles. The minimum Gasteiger partial charge on any atom is -0.350 e. The maximum atomic E-state index is 13.0. The van der Waals surface area contributed by atoms with E-state index in [1.807, 2.05) is 35.0 Å². The van der Waals surface area contributed by atoms with Gasteiger partial charge in [0.15, 0.2) is 0 Å². The van der Waals surface area contributed by atoms with E-state index >= 15 is 0 Å². The number of rotatable bonds is 8. The molecule has 0 fully saturated rings. The van der Waals surface area contributed by atoms with Gasteiger partial charge >= 0.3 is 0 Å². The van der Waals surface area contributed by atoms with Gasteiger partial charge in [0.2, 0.25) is 15.9 Å². The lowest BCUT2D eigenvalue weighted by Gasteiger charge is -2.30. The number of nitrogens with one attached hydrogen (secondary N) is 1. The molecule has 0 saturated heterocycles. The molecule has 2 aromatic carbocycles. The molecule has 0 bridgehead atoms. The third-order valence-corrected chi connectivity index (χ3v) is 6.07. The van der Waals surface area contributed by atoms with Crippen LogP contribution >= 0.6 is 11.6 Å². The van der Waals surface area contributed by atoms with Crippen molar-refractivity contribution in [3.8, 4) is 5.69 Å². The molecule has 7 nitrogen and oxygen atoms in total. The van der Waals surface area contributed by atoms with Crippen LogP contribution in [0, 0.1) is 0 Å². The fraction of sp³-hybridized carbons (Fsp3) is 0.238. The van der Waals surface area contributed by atoms with Crippen molar-refractivity contribution < 1.29 is 13.2 Å². The van der Waals surface area contributed by atoms with Gasteiger partial charge in [0, 0.05) is 24.0 Å². The van der Waals surface area contributed by atoms with E-state index in [-0.39, 0.29) is 12.5 Å². The molecular formula is C21H23ClN4O3S. The number of carbonyl (C=O) groups is 1. The molecular weight excluding hydrogens is 424 g/mol. The van der Waals surface area contributed by atoms with Crippen molar-refractivity contribution in [2.45, 2.75) is 25.9 Å². The smallest absolute Gasteiger partial charge is 0.244 e. The average Bonchev–Trinajstić information content (AvgIpc) is 3.25. The fourth-order valence-electron chi connectivity index (χ4n) is 3.26. The van der Waals surface area contributed by atoms with E-state index in [0.717, 1.165) is 21.8 Å². The van der Waals surface area contributed by atoms with Crippen molar-refractivity contribution >= 4 is 33.2 Å². The highest BCUT2D eigenvalue weighted by Crippen LogP contribution is 2.24. The number of aromatic nitrogens is 2. The van der Waals surface area contributed by atoms with Gasteiger partial charge in [0.05, 0.1) is 24.0 Å². The quantitative estimate of drug-likeness (QED) is 0.574. The van der Waals surface area contributed by atoms with E-state index in [0.29, 0.717) is 17.1 Å². The lowest BCUT2D eigenvalue weighted by molar-refractivity contribution is -0.122. The van der Waals surface area contributed by atoms with Gasteiger partial charge in [-0.05, 0) is 42.3 Å². The van der Waals surface area contributed by atoms with Crippen LogP contribution in [0.4, 0.5) is 5.69 Å². The summed E-state index contributed by atoms with van der Waals surface area (Å²) in [6.45, 7) is 2.03. The molecule has 3 rings (SSSR count). The molecule has 30 heavy (non-hydrogen) atoms. The van der Waals surface area contributed by atoms with Crippen molar-refractivity contribution in [3.63, 3.8) is 0 Å². The predicted molar refractivity (Wildman–Crippen MR) is 118 cm³/mol. The van der Waals surface area contributed by atoms with Crippen LogP contribution in [0.15, 0.2) is 67.3 Å². The Morgan fingerprint density at radius 1 is 1.20 bits per heavy atom. The lowest BCUT2D eigenvalue weighted by atomic mass is 10.1. The number of hydrogen-bond donors (Lipinski definition) is 1. The first-order valence-electron chi connectivity index (χ1n) is 9.40. The summed E-state index contributed by atoms with van der Waals surface area (Å²) >= 11 is 5.93. The second kappa shape index (κ2) is 9.32. The van der Waals surface area contributed by atoms with Crippen LogP contribution in [0.2, 0.25) is 5.02 Å². The third-order valence-electron chi connectivity index (χ3n) is 4.64. The summed E-state index contributed by atoms with van der Waals surface area (Å²) in [6.07, 6.45) is 6.58. The van der Waals surface area contributed by atoms with Crippen LogP contribution in [0.1, 0.15) is 18.9 Å². The summed E-state index contributed by atoms with van der Waals surface area (Å²) in [5.74, 6) is -0.377. The van der Waals surface area contributed by atoms with E-state index in [4.69, 9.17) is 11.6 Å². The molecule has 158 valence electrons. The number of halogens is 1. The SMILES string of the molecule is CCC(C(=O)NCc1ccccc1-n1ccnc1)N(c1ccc(Cl)cc1)S(C)(=O)=O. The first-order valence-corrected chi connectivity index (χ1v) is 11.6. The summed E-state index contributed by atoms with van der Waals surface area (Å²) in [6, 6.07) is 13.1. The van der Waals surface area contributed by atoms with Gasteiger partial charge in [-0.3, -0.25) is 9.10 Å². The maximum absolute atomic E-state index is 13.0. The Bertz CT molecular complexity index is 1100. The normalized spacial score (nSPS) is 12.4. The van der Waals surface area contributed by atoms with Crippen molar-refractivity contribution in [1.82, 2.24) is 14.9 Å². The second-order valence-corrected chi connectivity index (χ2v) is 9.07. The Morgan fingerprint density at radius 2 is 1.90 bits per heavy atom. The Balaban J connectivity index is 1.83. The van der Waals surface area contributed by atoms with E-state index in [1.54, 1.807) is 43.7 Å². The topological polar surface area (TPSA) is 84.3 Å². The minimum atomic E-state index is -3.70. The zero-order valence-corrected chi connectivity index (χ0v) is 18.3. The van der Waals surface area contributed by atoms with Crippen LogP contribution < -0.4 is 9.62 Å². The van der Waals surface area contributed by atoms with Gasteiger partial charge in [-0.2, -0.15) is 0 Å². The summed E-state index contributed by atoms with van der Waals surface area (Å²) in [4.78, 5) is 17.1. The molecule has 9 heteroatoms. The largest absolute Gasteiger partial charge is 0.350 e. The zero-order valence-electron chi connectivity index (χ0n) is 16.7. The Kier molecular flexibility index (Phi) is 6.79. The van der Waals surface area contributed by atoms with Crippen molar-refractivity contribution in [2.24, 2.45) is 0 Å². The number of carbonyl (C=O) groups excluding carboxylic acids is 1. The van der Waals surface area contributed by atoms with Gasteiger partial charge in [0.1, 0.15) is 6.04 Å². The van der Waals surface area contributed by atoms with Crippen LogP contribution in [0.25, 0.3) is 5.69 Å². The number of hydrogen-bond acceptors (Lipinski definition) is 4.